The van der Waals surface area contributed by atoms with Gasteiger partial charge in [-0.1, -0.05) is 12.5 Å². The third-order valence-electron chi connectivity index (χ3n) is 7.44. The fraction of sp³-hybridized carbons (Fsp3) is 0.560. The zero-order valence-corrected chi connectivity index (χ0v) is 19.2. The Balaban J connectivity index is 1.22. The van der Waals surface area contributed by atoms with Crippen LogP contribution in [0.4, 0.5) is 0 Å². The largest absolute Gasteiger partial charge is 0.449 e. The molecule has 1 amide bonds. The molecule has 0 atom stereocenters. The second kappa shape index (κ2) is 9.17. The summed E-state index contributed by atoms with van der Waals surface area (Å²) in [6.07, 6.45) is 11.4. The minimum Gasteiger partial charge on any atom is -0.449 e. The minimum absolute atomic E-state index is 0.0153. The maximum atomic E-state index is 13.1. The van der Waals surface area contributed by atoms with E-state index in [4.69, 9.17) is 4.74 Å². The van der Waals surface area contributed by atoms with Gasteiger partial charge in [0.2, 0.25) is 5.91 Å². The molecule has 2 aromatic heterocycles. The molecule has 4 heterocycles. The SMILES string of the molecule is CN(CCN1CCCCC1)C(=O)[C@H]1CC[C@@]2(CC1)OC(=O)c1nc(-c3cncnc3)ccc12. The molecule has 1 saturated carbocycles. The molecular weight excluding hydrogens is 418 g/mol. The Hall–Kier alpha value is -2.87. The standard InChI is InChI=1S/C25H31N5O3/c1-29(13-14-30-11-3-2-4-12-30)23(31)18-7-9-25(10-8-18)20-5-6-21(19-15-26-17-27-16-19)28-22(20)24(32)33-25/h5-6,15-18H,2-4,7-14H2,1H3/t18-,25-. The highest BCUT2D eigenvalue weighted by atomic mass is 16.6. The number of nitrogens with zero attached hydrogens (tertiary/aromatic N) is 5. The first-order valence-electron chi connectivity index (χ1n) is 12.0. The Labute approximate surface area is 194 Å². The van der Waals surface area contributed by atoms with Crippen molar-refractivity contribution in [1.82, 2.24) is 24.8 Å². The Kier molecular flexibility index (Phi) is 6.10. The third kappa shape index (κ3) is 4.36. The van der Waals surface area contributed by atoms with E-state index in [1.807, 2.05) is 24.1 Å². The summed E-state index contributed by atoms with van der Waals surface area (Å²) in [7, 11) is 1.92. The van der Waals surface area contributed by atoms with Gasteiger partial charge in [0.1, 0.15) is 11.9 Å². The zero-order chi connectivity index (χ0) is 22.8. The van der Waals surface area contributed by atoms with E-state index in [9.17, 15) is 9.59 Å². The van der Waals surface area contributed by atoms with Crippen LogP contribution in [0.1, 0.15) is 61.0 Å². The van der Waals surface area contributed by atoms with Crippen LogP contribution in [-0.2, 0) is 15.1 Å². The lowest BCUT2D eigenvalue weighted by Crippen LogP contribution is -2.43. The number of carbonyl (C=O) groups is 2. The predicted molar refractivity (Wildman–Crippen MR) is 122 cm³/mol. The Morgan fingerprint density at radius 3 is 2.61 bits per heavy atom. The van der Waals surface area contributed by atoms with Gasteiger partial charge in [-0.05, 0) is 57.7 Å². The molecule has 33 heavy (non-hydrogen) atoms. The second-order valence-corrected chi connectivity index (χ2v) is 9.54. The number of rotatable bonds is 5. The third-order valence-corrected chi connectivity index (χ3v) is 7.44. The van der Waals surface area contributed by atoms with Gasteiger partial charge in [0.15, 0.2) is 5.69 Å². The van der Waals surface area contributed by atoms with Gasteiger partial charge in [-0.25, -0.2) is 19.7 Å². The van der Waals surface area contributed by atoms with Gasteiger partial charge in [0.05, 0.1) is 5.69 Å². The molecule has 1 saturated heterocycles. The van der Waals surface area contributed by atoms with E-state index in [2.05, 4.69) is 19.9 Å². The molecule has 1 spiro atoms. The number of likely N-dealkylation sites (N-methyl/N-ethyl adjacent to an activating group) is 1. The number of ether oxygens (including phenoxy) is 1. The molecule has 2 aromatic rings. The second-order valence-electron chi connectivity index (χ2n) is 9.54. The maximum Gasteiger partial charge on any atom is 0.358 e. The lowest BCUT2D eigenvalue weighted by atomic mass is 9.75. The average molecular weight is 450 g/mol. The normalized spacial score (nSPS) is 25.0. The summed E-state index contributed by atoms with van der Waals surface area (Å²) in [5.41, 5.74) is 1.98. The number of fused-ring (bicyclic) bond motifs is 2. The highest BCUT2D eigenvalue weighted by Crippen LogP contribution is 2.48. The van der Waals surface area contributed by atoms with Crippen molar-refractivity contribution in [3.8, 4) is 11.3 Å². The van der Waals surface area contributed by atoms with Crippen molar-refractivity contribution >= 4 is 11.9 Å². The van der Waals surface area contributed by atoms with Crippen LogP contribution in [0, 0.1) is 5.92 Å². The smallest absolute Gasteiger partial charge is 0.358 e. The highest BCUT2D eigenvalue weighted by Gasteiger charge is 2.49. The molecule has 8 heteroatoms. The average Bonchev–Trinajstić information content (AvgIpc) is 3.14. The number of aromatic nitrogens is 3. The quantitative estimate of drug-likeness (QED) is 0.648. The number of piperidine rings is 1. The Bertz CT molecular complexity index is 1010. The molecule has 174 valence electrons. The topological polar surface area (TPSA) is 88.5 Å². The molecule has 2 aliphatic heterocycles. The number of pyridine rings is 1. The summed E-state index contributed by atoms with van der Waals surface area (Å²) in [5, 5.41) is 0. The minimum atomic E-state index is -0.658. The van der Waals surface area contributed by atoms with Crippen LogP contribution >= 0.6 is 0 Å². The molecular formula is C25H31N5O3. The number of esters is 1. The number of carbonyl (C=O) groups excluding carboxylic acids is 2. The molecule has 2 fully saturated rings. The van der Waals surface area contributed by atoms with Gasteiger partial charge in [0, 0.05) is 49.6 Å². The van der Waals surface area contributed by atoms with E-state index < -0.39 is 5.60 Å². The van der Waals surface area contributed by atoms with Gasteiger partial charge in [-0.2, -0.15) is 0 Å². The molecule has 5 rings (SSSR count). The van der Waals surface area contributed by atoms with Crippen LogP contribution in [-0.4, -0.2) is 69.9 Å². The van der Waals surface area contributed by atoms with Crippen LogP contribution in [0.2, 0.25) is 0 Å². The van der Waals surface area contributed by atoms with E-state index in [1.165, 1.54) is 25.6 Å². The monoisotopic (exact) mass is 449 g/mol. The van der Waals surface area contributed by atoms with E-state index >= 15 is 0 Å². The first-order valence-corrected chi connectivity index (χ1v) is 12.0. The molecule has 0 unspecified atom stereocenters. The number of amides is 1. The van der Waals surface area contributed by atoms with Crippen molar-refractivity contribution < 1.29 is 14.3 Å². The first-order chi connectivity index (χ1) is 16.1. The van der Waals surface area contributed by atoms with Gasteiger partial charge < -0.3 is 14.5 Å². The number of hydrogen-bond acceptors (Lipinski definition) is 7. The highest BCUT2D eigenvalue weighted by molar-refractivity contribution is 5.93. The van der Waals surface area contributed by atoms with E-state index in [1.54, 1.807) is 12.4 Å². The van der Waals surface area contributed by atoms with Crippen LogP contribution < -0.4 is 0 Å². The lowest BCUT2D eigenvalue weighted by molar-refractivity contribution is -0.137. The molecule has 0 N–H and O–H groups in total. The van der Waals surface area contributed by atoms with E-state index in [-0.39, 0.29) is 17.8 Å². The van der Waals surface area contributed by atoms with Gasteiger partial charge in [0.25, 0.3) is 0 Å². The summed E-state index contributed by atoms with van der Waals surface area (Å²) in [6.45, 7) is 4.01. The summed E-state index contributed by atoms with van der Waals surface area (Å²) in [5.74, 6) is -0.186. The van der Waals surface area contributed by atoms with Crippen LogP contribution in [0.25, 0.3) is 11.3 Å². The summed E-state index contributed by atoms with van der Waals surface area (Å²) in [4.78, 5) is 42.7. The van der Waals surface area contributed by atoms with Crippen molar-refractivity contribution in [2.75, 3.05) is 33.2 Å². The summed E-state index contributed by atoms with van der Waals surface area (Å²) in [6, 6.07) is 3.84. The lowest BCUT2D eigenvalue weighted by Gasteiger charge is -2.37. The van der Waals surface area contributed by atoms with Gasteiger partial charge in [-0.15, -0.1) is 0 Å². The fourth-order valence-electron chi connectivity index (χ4n) is 5.45. The summed E-state index contributed by atoms with van der Waals surface area (Å²) >= 11 is 0. The maximum absolute atomic E-state index is 13.1. The van der Waals surface area contributed by atoms with Gasteiger partial charge >= 0.3 is 5.97 Å². The molecule has 8 nitrogen and oxygen atoms in total. The van der Waals surface area contributed by atoms with Crippen LogP contribution in [0.5, 0.6) is 0 Å². The van der Waals surface area contributed by atoms with Crippen molar-refractivity contribution in [2.45, 2.75) is 50.5 Å². The first kappa shape index (κ1) is 21.9. The Morgan fingerprint density at radius 2 is 1.88 bits per heavy atom. The Morgan fingerprint density at radius 1 is 1.15 bits per heavy atom. The molecule has 0 aromatic carbocycles. The number of likely N-dealkylation sites (tertiary alicyclic amines) is 1. The van der Waals surface area contributed by atoms with Crippen molar-refractivity contribution in [3.05, 3.63) is 42.1 Å². The summed E-state index contributed by atoms with van der Waals surface area (Å²) < 4.78 is 5.90. The molecule has 3 aliphatic rings. The van der Waals surface area contributed by atoms with Gasteiger partial charge in [-0.3, -0.25) is 4.79 Å². The molecule has 0 radical (unpaired) electrons. The number of hydrogen-bond donors (Lipinski definition) is 0. The predicted octanol–water partition coefficient (Wildman–Crippen LogP) is 3.04. The molecule has 1 aliphatic carbocycles. The van der Waals surface area contributed by atoms with Crippen LogP contribution in [0.15, 0.2) is 30.9 Å². The van der Waals surface area contributed by atoms with Crippen molar-refractivity contribution in [1.29, 1.82) is 0 Å². The van der Waals surface area contributed by atoms with E-state index in [0.29, 0.717) is 37.1 Å². The fourth-order valence-corrected chi connectivity index (χ4v) is 5.45. The van der Waals surface area contributed by atoms with Crippen molar-refractivity contribution in [3.63, 3.8) is 0 Å². The van der Waals surface area contributed by atoms with E-state index in [0.717, 1.165) is 37.3 Å². The van der Waals surface area contributed by atoms with Crippen LogP contribution in [0.3, 0.4) is 0 Å². The zero-order valence-electron chi connectivity index (χ0n) is 19.2. The van der Waals surface area contributed by atoms with Crippen molar-refractivity contribution in [2.24, 2.45) is 5.92 Å². The molecule has 0 bridgehead atoms.